The number of rotatable bonds is 8. The van der Waals surface area contributed by atoms with Gasteiger partial charge in [0.2, 0.25) is 11.5 Å². The molecule has 238 valence electrons. The third-order valence-corrected chi connectivity index (χ3v) is 7.66. The maximum absolute atomic E-state index is 11.7. The Hall–Kier alpha value is -3.74. The molecule has 2 fully saturated rings. The first kappa shape index (κ1) is 33.8. The number of ether oxygens (including phenoxy) is 3. The van der Waals surface area contributed by atoms with Gasteiger partial charge in [0, 0.05) is 76.0 Å². The van der Waals surface area contributed by atoms with E-state index in [2.05, 4.69) is 9.80 Å². The van der Waals surface area contributed by atoms with Gasteiger partial charge in [-0.15, -0.1) is 0 Å². The van der Waals surface area contributed by atoms with Crippen LogP contribution in [0.5, 0.6) is 11.5 Å². The highest BCUT2D eigenvalue weighted by Crippen LogP contribution is 2.41. The molecule has 0 saturated carbocycles. The van der Waals surface area contributed by atoms with Crippen molar-refractivity contribution in [1.29, 1.82) is 0 Å². The van der Waals surface area contributed by atoms with Crippen LogP contribution in [-0.2, 0) is 19.6 Å². The number of benzene rings is 2. The standard InChI is InChI=1S/C24H30N4O7.CHF3O3S/c1-33-19-7-11-25(12-8-19)17-3-5-21(27(29)30)23(15-17)35-24-16-18(4-6-22(24)28(31)32)26-13-9-20(34-2)10-14-26;2-1(3,4)8(5,6)7/h3-6,15-16,19-20H,7-14H2,1-2H3;(H,5,6,7). The zero-order valence-corrected chi connectivity index (χ0v) is 24.0. The predicted molar refractivity (Wildman–Crippen MR) is 148 cm³/mol. The van der Waals surface area contributed by atoms with E-state index < -0.39 is 25.5 Å². The molecule has 0 bridgehead atoms. The lowest BCUT2D eigenvalue weighted by Gasteiger charge is -2.33. The average molecular weight is 637 g/mol. The molecule has 2 aromatic carbocycles. The molecule has 2 aromatic rings. The number of halogens is 3. The molecule has 0 radical (unpaired) electrons. The van der Waals surface area contributed by atoms with Crippen LogP contribution in [0.25, 0.3) is 0 Å². The highest BCUT2D eigenvalue weighted by molar-refractivity contribution is 7.86. The second-order valence-corrected chi connectivity index (χ2v) is 11.1. The minimum Gasteiger partial charge on any atom is -0.443 e. The van der Waals surface area contributed by atoms with Gasteiger partial charge in [0.25, 0.3) is 0 Å². The quantitative estimate of drug-likeness (QED) is 0.179. The van der Waals surface area contributed by atoms with Crippen LogP contribution in [0, 0.1) is 20.2 Å². The van der Waals surface area contributed by atoms with Gasteiger partial charge >= 0.3 is 27.0 Å². The molecule has 0 unspecified atom stereocenters. The van der Waals surface area contributed by atoms with Crippen LogP contribution in [-0.4, -0.2) is 80.9 Å². The van der Waals surface area contributed by atoms with Gasteiger partial charge in [0.05, 0.1) is 22.1 Å². The van der Waals surface area contributed by atoms with Crippen molar-refractivity contribution in [2.45, 2.75) is 43.4 Å². The molecule has 1 N–H and O–H groups in total. The second kappa shape index (κ2) is 14.2. The Balaban J connectivity index is 0.000000557. The first-order valence-corrected chi connectivity index (χ1v) is 14.4. The average Bonchev–Trinajstić information content (AvgIpc) is 2.96. The van der Waals surface area contributed by atoms with E-state index in [1.807, 2.05) is 0 Å². The lowest BCUT2D eigenvalue weighted by atomic mass is 10.1. The van der Waals surface area contributed by atoms with Crippen LogP contribution >= 0.6 is 0 Å². The Kier molecular flexibility index (Phi) is 11.1. The number of hydrogen-bond acceptors (Lipinski definition) is 11. The van der Waals surface area contributed by atoms with Gasteiger partial charge in [-0.2, -0.15) is 21.6 Å². The lowest BCUT2D eigenvalue weighted by Crippen LogP contribution is -2.36. The van der Waals surface area contributed by atoms with E-state index >= 15 is 0 Å². The molecular formula is C25H31F3N4O10S. The van der Waals surface area contributed by atoms with E-state index in [0.717, 1.165) is 63.2 Å². The summed E-state index contributed by atoms with van der Waals surface area (Å²) in [6, 6.07) is 9.32. The fraction of sp³-hybridized carbons (Fsp3) is 0.520. The number of anilines is 2. The number of nitro benzene ring substituents is 2. The molecule has 0 spiro atoms. The SMILES string of the molecule is COC1CCN(c2ccc([N+](=O)[O-])c(Oc3cc(N4CCC(OC)CC4)ccc3[N+](=O)[O-])c2)CC1.O=S(=O)(O)C(F)(F)F. The summed E-state index contributed by atoms with van der Waals surface area (Å²) in [5, 5.41) is 23.4. The molecular weight excluding hydrogens is 605 g/mol. The van der Waals surface area contributed by atoms with E-state index in [-0.39, 0.29) is 35.1 Å². The van der Waals surface area contributed by atoms with Crippen molar-refractivity contribution in [1.82, 2.24) is 0 Å². The molecule has 0 aliphatic carbocycles. The van der Waals surface area contributed by atoms with E-state index in [9.17, 15) is 33.4 Å². The van der Waals surface area contributed by atoms with E-state index in [0.29, 0.717) is 0 Å². The number of nitro groups is 2. The van der Waals surface area contributed by atoms with Crippen LogP contribution in [0.4, 0.5) is 35.9 Å². The van der Waals surface area contributed by atoms with Gasteiger partial charge in [-0.1, -0.05) is 0 Å². The van der Waals surface area contributed by atoms with Crippen LogP contribution in [0.2, 0.25) is 0 Å². The third-order valence-electron chi connectivity index (χ3n) is 7.07. The van der Waals surface area contributed by atoms with Crippen molar-refractivity contribution >= 4 is 32.9 Å². The van der Waals surface area contributed by atoms with Gasteiger partial charge in [-0.25, -0.2) is 0 Å². The summed E-state index contributed by atoms with van der Waals surface area (Å²) < 4.78 is 74.3. The van der Waals surface area contributed by atoms with Crippen molar-refractivity contribution in [3.63, 3.8) is 0 Å². The summed E-state index contributed by atoms with van der Waals surface area (Å²) in [6.07, 6.45) is 3.76. The summed E-state index contributed by atoms with van der Waals surface area (Å²) in [5.74, 6) is -0.0561. The van der Waals surface area contributed by atoms with Crippen LogP contribution in [0.15, 0.2) is 36.4 Å². The Morgan fingerprint density at radius 2 is 1.12 bits per heavy atom. The van der Waals surface area contributed by atoms with E-state index in [1.165, 1.54) is 12.1 Å². The largest absolute Gasteiger partial charge is 0.522 e. The summed E-state index contributed by atoms with van der Waals surface area (Å²) >= 11 is 0. The summed E-state index contributed by atoms with van der Waals surface area (Å²) in [7, 11) is -2.45. The van der Waals surface area contributed by atoms with E-state index in [4.69, 9.17) is 27.2 Å². The van der Waals surface area contributed by atoms with Crippen LogP contribution in [0.1, 0.15) is 25.7 Å². The minimum atomic E-state index is -5.84. The Morgan fingerprint density at radius 3 is 1.37 bits per heavy atom. The minimum absolute atomic E-state index is 0.0280. The third kappa shape index (κ3) is 8.88. The molecule has 18 heteroatoms. The molecule has 0 amide bonds. The highest BCUT2D eigenvalue weighted by Gasteiger charge is 2.44. The number of nitrogens with zero attached hydrogens (tertiary/aromatic N) is 4. The fourth-order valence-electron chi connectivity index (χ4n) is 4.68. The van der Waals surface area contributed by atoms with Crippen molar-refractivity contribution in [2.24, 2.45) is 0 Å². The normalized spacial score (nSPS) is 16.8. The molecule has 2 aliphatic rings. The van der Waals surface area contributed by atoms with Gasteiger partial charge in [0.15, 0.2) is 0 Å². The van der Waals surface area contributed by atoms with Gasteiger partial charge in [-0.3, -0.25) is 24.8 Å². The maximum Gasteiger partial charge on any atom is 0.522 e. The van der Waals surface area contributed by atoms with Gasteiger partial charge < -0.3 is 24.0 Å². The first-order chi connectivity index (χ1) is 20.1. The molecule has 0 atom stereocenters. The second-order valence-electron chi connectivity index (χ2n) is 9.69. The zero-order chi connectivity index (χ0) is 31.9. The van der Waals surface area contributed by atoms with Crippen molar-refractivity contribution in [2.75, 3.05) is 50.2 Å². The summed E-state index contributed by atoms with van der Waals surface area (Å²) in [4.78, 5) is 26.6. The number of alkyl halides is 3. The van der Waals surface area contributed by atoms with Gasteiger partial charge in [-0.05, 0) is 37.8 Å². The Bertz CT molecular complexity index is 1310. The fourth-order valence-corrected chi connectivity index (χ4v) is 4.68. The molecule has 43 heavy (non-hydrogen) atoms. The lowest BCUT2D eigenvalue weighted by molar-refractivity contribution is -0.387. The van der Waals surface area contributed by atoms with Crippen LogP contribution in [0.3, 0.4) is 0 Å². The monoisotopic (exact) mass is 636 g/mol. The molecule has 2 aliphatic heterocycles. The molecule has 0 aromatic heterocycles. The van der Waals surface area contributed by atoms with Crippen LogP contribution < -0.4 is 14.5 Å². The highest BCUT2D eigenvalue weighted by atomic mass is 32.2. The summed E-state index contributed by atoms with van der Waals surface area (Å²) in [5.41, 5.74) is -4.50. The first-order valence-electron chi connectivity index (χ1n) is 13.0. The number of methoxy groups -OCH3 is 2. The van der Waals surface area contributed by atoms with Crippen molar-refractivity contribution in [3.05, 3.63) is 56.6 Å². The Labute approximate surface area is 245 Å². The molecule has 2 saturated heterocycles. The van der Waals surface area contributed by atoms with E-state index in [1.54, 1.807) is 38.5 Å². The molecule has 4 rings (SSSR count). The summed E-state index contributed by atoms with van der Waals surface area (Å²) in [6.45, 7) is 2.96. The maximum atomic E-state index is 11.7. The topological polar surface area (TPSA) is 175 Å². The number of hydrogen-bond donors (Lipinski definition) is 1. The van der Waals surface area contributed by atoms with Crippen molar-refractivity contribution in [3.8, 4) is 11.5 Å². The van der Waals surface area contributed by atoms with Gasteiger partial charge in [0.1, 0.15) is 0 Å². The zero-order valence-electron chi connectivity index (χ0n) is 23.2. The molecule has 2 heterocycles. The predicted octanol–water partition coefficient (Wildman–Crippen LogP) is 4.92. The smallest absolute Gasteiger partial charge is 0.443 e. The number of piperidine rings is 2. The Morgan fingerprint density at radius 1 is 0.791 bits per heavy atom. The molecule has 14 nitrogen and oxygen atoms in total. The van der Waals surface area contributed by atoms with Crippen molar-refractivity contribution < 1.29 is 50.2 Å².